The SMILES string of the molecule is Cc1cccc(Nc2nnc(SCC(=O)O[C@H]3CCS(=O)(=O)C3)s2)c1. The Morgan fingerprint density at radius 3 is 3.00 bits per heavy atom. The number of hydrogen-bond donors (Lipinski definition) is 1. The molecule has 7 nitrogen and oxygen atoms in total. The number of carbonyl (C=O) groups is 1. The van der Waals surface area contributed by atoms with Gasteiger partial charge in [0.1, 0.15) is 6.10 Å². The van der Waals surface area contributed by atoms with Crippen molar-refractivity contribution < 1.29 is 17.9 Å². The van der Waals surface area contributed by atoms with Gasteiger partial charge in [0, 0.05) is 5.69 Å². The topological polar surface area (TPSA) is 98.2 Å². The number of ether oxygens (including phenoxy) is 1. The van der Waals surface area contributed by atoms with Crippen LogP contribution in [0, 0.1) is 6.92 Å². The molecule has 1 aromatic carbocycles. The van der Waals surface area contributed by atoms with Crippen LogP contribution in [0.15, 0.2) is 28.6 Å². The van der Waals surface area contributed by atoms with Crippen LogP contribution in [-0.4, -0.2) is 47.9 Å². The predicted molar refractivity (Wildman–Crippen MR) is 98.2 cm³/mol. The molecule has 1 aromatic heterocycles. The van der Waals surface area contributed by atoms with E-state index in [4.69, 9.17) is 4.74 Å². The number of sulfone groups is 1. The van der Waals surface area contributed by atoms with E-state index in [1.165, 1.54) is 23.1 Å². The summed E-state index contributed by atoms with van der Waals surface area (Å²) in [4.78, 5) is 11.8. The predicted octanol–water partition coefficient (Wildman–Crippen LogP) is 2.41. The standard InChI is InChI=1S/C15H17N3O4S3/c1-10-3-2-4-11(7-10)16-14-17-18-15(24-14)23-8-13(19)22-12-5-6-25(20,21)9-12/h2-4,7,12H,5-6,8-9H2,1H3,(H,16,17)/t12-/m0/s1. The van der Waals surface area contributed by atoms with Gasteiger partial charge in [-0.25, -0.2) is 8.42 Å². The number of thioether (sulfide) groups is 1. The van der Waals surface area contributed by atoms with Gasteiger partial charge in [0.15, 0.2) is 14.2 Å². The second-order valence-electron chi connectivity index (χ2n) is 5.67. The van der Waals surface area contributed by atoms with Crippen molar-refractivity contribution in [3.05, 3.63) is 29.8 Å². The van der Waals surface area contributed by atoms with Crippen LogP contribution in [0.3, 0.4) is 0 Å². The maximum absolute atomic E-state index is 11.8. The van der Waals surface area contributed by atoms with Crippen LogP contribution in [0.1, 0.15) is 12.0 Å². The molecule has 2 heterocycles. The van der Waals surface area contributed by atoms with Gasteiger partial charge in [-0.2, -0.15) is 0 Å². The Morgan fingerprint density at radius 1 is 1.44 bits per heavy atom. The number of hydrogen-bond acceptors (Lipinski definition) is 9. The number of esters is 1. The number of aryl methyl sites for hydroxylation is 1. The van der Waals surface area contributed by atoms with E-state index in [0.717, 1.165) is 11.3 Å². The van der Waals surface area contributed by atoms with Crippen LogP contribution < -0.4 is 5.32 Å². The summed E-state index contributed by atoms with van der Waals surface area (Å²) in [6.07, 6.45) is -0.145. The number of rotatable bonds is 6. The molecule has 25 heavy (non-hydrogen) atoms. The van der Waals surface area contributed by atoms with Gasteiger partial charge in [0.05, 0.1) is 17.3 Å². The van der Waals surface area contributed by atoms with E-state index in [0.29, 0.717) is 15.9 Å². The van der Waals surface area contributed by atoms with Gasteiger partial charge >= 0.3 is 5.97 Å². The molecule has 1 aliphatic rings. The molecule has 1 N–H and O–H groups in total. The molecule has 0 saturated carbocycles. The summed E-state index contributed by atoms with van der Waals surface area (Å²) >= 11 is 2.57. The Morgan fingerprint density at radius 2 is 2.28 bits per heavy atom. The quantitative estimate of drug-likeness (QED) is 0.584. The fourth-order valence-electron chi connectivity index (χ4n) is 2.36. The second-order valence-corrected chi connectivity index (χ2v) is 10.1. The van der Waals surface area contributed by atoms with E-state index in [9.17, 15) is 13.2 Å². The van der Waals surface area contributed by atoms with E-state index in [1.54, 1.807) is 0 Å². The first-order valence-electron chi connectivity index (χ1n) is 7.59. The highest BCUT2D eigenvalue weighted by molar-refractivity contribution is 8.01. The molecule has 3 rings (SSSR count). The maximum Gasteiger partial charge on any atom is 0.316 e. The minimum Gasteiger partial charge on any atom is -0.461 e. The van der Waals surface area contributed by atoms with Gasteiger partial charge in [0.2, 0.25) is 5.13 Å². The minimum absolute atomic E-state index is 0.0766. The van der Waals surface area contributed by atoms with Crippen molar-refractivity contribution in [3.63, 3.8) is 0 Å². The summed E-state index contributed by atoms with van der Waals surface area (Å²) in [6, 6.07) is 7.90. The highest BCUT2D eigenvalue weighted by Gasteiger charge is 2.30. The van der Waals surface area contributed by atoms with Crippen molar-refractivity contribution >= 4 is 49.7 Å². The van der Waals surface area contributed by atoms with Crippen LogP contribution in [0.2, 0.25) is 0 Å². The number of nitrogens with zero attached hydrogens (tertiary/aromatic N) is 2. The van der Waals surface area contributed by atoms with Crippen LogP contribution in [-0.2, 0) is 19.4 Å². The first kappa shape index (κ1) is 18.2. The molecule has 10 heteroatoms. The maximum atomic E-state index is 11.8. The highest BCUT2D eigenvalue weighted by Crippen LogP contribution is 2.28. The van der Waals surface area contributed by atoms with E-state index < -0.39 is 21.9 Å². The molecule has 134 valence electrons. The van der Waals surface area contributed by atoms with Gasteiger partial charge in [0.25, 0.3) is 0 Å². The van der Waals surface area contributed by atoms with E-state index in [1.807, 2.05) is 31.2 Å². The molecule has 0 amide bonds. The third kappa shape index (κ3) is 5.41. The molecule has 0 aliphatic carbocycles. The van der Waals surface area contributed by atoms with Gasteiger partial charge in [-0.15, -0.1) is 10.2 Å². The summed E-state index contributed by atoms with van der Waals surface area (Å²) in [5.41, 5.74) is 2.07. The van der Waals surface area contributed by atoms with Crippen molar-refractivity contribution in [2.45, 2.75) is 23.8 Å². The Balaban J connectivity index is 1.47. The largest absolute Gasteiger partial charge is 0.461 e. The summed E-state index contributed by atoms with van der Waals surface area (Å²) in [7, 11) is -3.05. The Hall–Kier alpha value is -1.65. The first-order valence-corrected chi connectivity index (χ1v) is 11.2. The average Bonchev–Trinajstić information content (AvgIpc) is 3.11. The molecule has 1 saturated heterocycles. The smallest absolute Gasteiger partial charge is 0.316 e. The van der Waals surface area contributed by atoms with Crippen molar-refractivity contribution in [1.29, 1.82) is 0 Å². The van der Waals surface area contributed by atoms with Gasteiger partial charge in [-0.1, -0.05) is 35.2 Å². The summed E-state index contributed by atoms with van der Waals surface area (Å²) < 4.78 is 28.5. The van der Waals surface area contributed by atoms with E-state index >= 15 is 0 Å². The zero-order valence-corrected chi connectivity index (χ0v) is 15.9. The Kier molecular flexibility index (Phi) is 5.60. The number of carbonyl (C=O) groups excluding carboxylic acids is 1. The molecule has 1 aliphatic heterocycles. The van der Waals surface area contributed by atoms with Gasteiger partial charge < -0.3 is 10.1 Å². The number of benzene rings is 1. The monoisotopic (exact) mass is 399 g/mol. The van der Waals surface area contributed by atoms with Gasteiger partial charge in [-0.3, -0.25) is 4.79 Å². The van der Waals surface area contributed by atoms with Crippen molar-refractivity contribution in [2.24, 2.45) is 0 Å². The molecule has 0 spiro atoms. The van der Waals surface area contributed by atoms with E-state index in [-0.39, 0.29) is 17.3 Å². The lowest BCUT2D eigenvalue weighted by Gasteiger charge is -2.09. The normalized spacial score (nSPS) is 18.8. The highest BCUT2D eigenvalue weighted by atomic mass is 32.2. The molecule has 0 radical (unpaired) electrons. The van der Waals surface area contributed by atoms with Crippen LogP contribution >= 0.6 is 23.1 Å². The third-order valence-corrected chi connectivity index (χ3v) is 7.16. The lowest BCUT2D eigenvalue weighted by atomic mass is 10.2. The molecule has 1 fully saturated rings. The van der Waals surface area contributed by atoms with Crippen molar-refractivity contribution in [1.82, 2.24) is 10.2 Å². The first-order chi connectivity index (χ1) is 11.9. The fourth-order valence-corrected chi connectivity index (χ4v) is 5.50. The summed E-state index contributed by atoms with van der Waals surface area (Å²) in [5, 5.41) is 11.9. The second kappa shape index (κ2) is 7.71. The molecule has 0 unspecified atom stereocenters. The molecular weight excluding hydrogens is 382 g/mol. The number of anilines is 2. The Bertz CT molecular complexity index is 866. The van der Waals surface area contributed by atoms with Crippen LogP contribution in [0.5, 0.6) is 0 Å². The number of nitrogens with one attached hydrogen (secondary N) is 1. The number of aromatic nitrogens is 2. The lowest BCUT2D eigenvalue weighted by molar-refractivity contribution is -0.144. The fraction of sp³-hybridized carbons (Fsp3) is 0.400. The third-order valence-electron chi connectivity index (χ3n) is 3.48. The summed E-state index contributed by atoms with van der Waals surface area (Å²) in [5.74, 6) is -0.347. The molecule has 0 bridgehead atoms. The Labute approximate surface area is 154 Å². The van der Waals surface area contributed by atoms with E-state index in [2.05, 4.69) is 15.5 Å². The lowest BCUT2D eigenvalue weighted by Crippen LogP contribution is -2.20. The minimum atomic E-state index is -3.05. The van der Waals surface area contributed by atoms with Crippen molar-refractivity contribution in [2.75, 3.05) is 22.6 Å². The summed E-state index contributed by atoms with van der Waals surface area (Å²) in [6.45, 7) is 2.01. The zero-order valence-electron chi connectivity index (χ0n) is 13.5. The van der Waals surface area contributed by atoms with Crippen LogP contribution in [0.4, 0.5) is 10.8 Å². The molecule has 2 aromatic rings. The van der Waals surface area contributed by atoms with Gasteiger partial charge in [-0.05, 0) is 31.0 Å². The molecule has 1 atom stereocenters. The molecular formula is C15H17N3O4S3. The van der Waals surface area contributed by atoms with Crippen LogP contribution in [0.25, 0.3) is 0 Å². The van der Waals surface area contributed by atoms with Crippen molar-refractivity contribution in [3.8, 4) is 0 Å². The average molecular weight is 400 g/mol. The zero-order chi connectivity index (χ0) is 17.9.